The molecule has 0 unspecified atom stereocenters. The number of hydrogen-bond acceptors (Lipinski definition) is 5. The van der Waals surface area contributed by atoms with Gasteiger partial charge in [-0.3, -0.25) is 14.6 Å². The van der Waals surface area contributed by atoms with Crippen LogP contribution in [0.1, 0.15) is 27.1 Å². The third-order valence-corrected chi connectivity index (χ3v) is 5.45. The van der Waals surface area contributed by atoms with Gasteiger partial charge in [0.15, 0.2) is 0 Å². The van der Waals surface area contributed by atoms with Crippen molar-refractivity contribution in [3.63, 3.8) is 0 Å². The van der Waals surface area contributed by atoms with Gasteiger partial charge >= 0.3 is 0 Å². The number of benzene rings is 1. The highest BCUT2D eigenvalue weighted by molar-refractivity contribution is 6.04. The number of nitrogens with zero attached hydrogens (tertiary/aromatic N) is 4. The quantitative estimate of drug-likeness (QED) is 0.727. The molecule has 0 radical (unpaired) electrons. The molecular formula is C19H18N6O2. The van der Waals surface area contributed by atoms with Crippen molar-refractivity contribution in [3.8, 4) is 0 Å². The monoisotopic (exact) mass is 362 g/mol. The van der Waals surface area contributed by atoms with Crippen molar-refractivity contribution in [1.29, 1.82) is 0 Å². The molecule has 0 spiro atoms. The largest absolute Gasteiger partial charge is 0.366 e. The molecule has 8 heteroatoms. The fourth-order valence-corrected chi connectivity index (χ4v) is 4.18. The molecule has 136 valence electrons. The zero-order chi connectivity index (χ0) is 18.5. The van der Waals surface area contributed by atoms with Crippen LogP contribution in [0.2, 0.25) is 0 Å². The molecule has 0 aliphatic carbocycles. The zero-order valence-corrected chi connectivity index (χ0v) is 14.5. The normalized spacial score (nSPS) is 21.2. The third-order valence-electron chi connectivity index (χ3n) is 5.45. The van der Waals surface area contributed by atoms with E-state index in [0.29, 0.717) is 29.7 Å². The molecule has 8 nitrogen and oxygen atoms in total. The molecule has 4 heterocycles. The summed E-state index contributed by atoms with van der Waals surface area (Å²) in [5.41, 5.74) is 7.85. The Bertz CT molecular complexity index is 1050. The molecule has 2 bridgehead atoms. The van der Waals surface area contributed by atoms with E-state index >= 15 is 0 Å². The number of imidazole rings is 1. The van der Waals surface area contributed by atoms with Gasteiger partial charge < -0.3 is 20.5 Å². The second-order valence-electron chi connectivity index (χ2n) is 7.02. The standard InChI is InChI=1S/C19H18N6O2/c20-17(26)14-4-1-5-15-16(14)23-19(22-15)25-10-12-7-13(25)9-24(12)18(27)11-3-2-6-21-8-11/h1-6,8,12-13H,7,9-10H2,(H2,20,26)(H,22,23)/t12-,13+/m0/s1. The molecular weight excluding hydrogens is 344 g/mol. The number of amides is 2. The van der Waals surface area contributed by atoms with Crippen molar-refractivity contribution in [2.75, 3.05) is 18.0 Å². The predicted molar refractivity (Wildman–Crippen MR) is 99.4 cm³/mol. The molecule has 2 amide bonds. The van der Waals surface area contributed by atoms with Crippen molar-refractivity contribution >= 4 is 28.8 Å². The van der Waals surface area contributed by atoms with E-state index in [-0.39, 0.29) is 18.0 Å². The second kappa shape index (κ2) is 5.80. The number of hydrogen-bond donors (Lipinski definition) is 2. The summed E-state index contributed by atoms with van der Waals surface area (Å²) in [6.45, 7) is 1.36. The molecule has 3 aromatic rings. The van der Waals surface area contributed by atoms with Gasteiger partial charge in [0.2, 0.25) is 5.95 Å². The van der Waals surface area contributed by atoms with Crippen molar-refractivity contribution < 1.29 is 9.59 Å². The number of nitrogens with one attached hydrogen (secondary N) is 1. The van der Waals surface area contributed by atoms with Crippen LogP contribution in [0.5, 0.6) is 0 Å². The summed E-state index contributed by atoms with van der Waals surface area (Å²) in [6, 6.07) is 9.27. The van der Waals surface area contributed by atoms with Crippen LogP contribution >= 0.6 is 0 Å². The first-order chi connectivity index (χ1) is 13.1. The molecule has 2 saturated heterocycles. The lowest BCUT2D eigenvalue weighted by Gasteiger charge is -2.34. The van der Waals surface area contributed by atoms with Gasteiger partial charge in [-0.2, -0.15) is 0 Å². The van der Waals surface area contributed by atoms with E-state index in [2.05, 4.69) is 19.9 Å². The number of nitrogens with two attached hydrogens (primary N) is 1. The first-order valence-corrected chi connectivity index (χ1v) is 8.88. The van der Waals surface area contributed by atoms with Crippen molar-refractivity contribution in [2.24, 2.45) is 5.73 Å². The lowest BCUT2D eigenvalue weighted by atomic mass is 10.2. The van der Waals surface area contributed by atoms with Gasteiger partial charge in [-0.05, 0) is 30.7 Å². The smallest absolute Gasteiger partial charge is 0.255 e. The fraction of sp³-hybridized carbons (Fsp3) is 0.263. The number of H-pyrrole nitrogens is 1. The van der Waals surface area contributed by atoms with Crippen LogP contribution in [0, 0.1) is 0 Å². The summed E-state index contributed by atoms with van der Waals surface area (Å²) in [5, 5.41) is 0. The van der Waals surface area contributed by atoms with Crippen LogP contribution < -0.4 is 10.6 Å². The zero-order valence-electron chi connectivity index (χ0n) is 14.5. The third kappa shape index (κ3) is 2.44. The molecule has 5 rings (SSSR count). The average molecular weight is 362 g/mol. The Morgan fingerprint density at radius 1 is 1.15 bits per heavy atom. The van der Waals surface area contributed by atoms with E-state index in [4.69, 9.17) is 5.73 Å². The van der Waals surface area contributed by atoms with E-state index in [0.717, 1.165) is 17.9 Å². The van der Waals surface area contributed by atoms with Crippen molar-refractivity contribution in [2.45, 2.75) is 18.5 Å². The number of aromatic nitrogens is 3. The van der Waals surface area contributed by atoms with Crippen molar-refractivity contribution in [3.05, 3.63) is 53.9 Å². The molecule has 27 heavy (non-hydrogen) atoms. The molecule has 2 aliphatic rings. The number of carbonyl (C=O) groups is 2. The number of pyridine rings is 1. The summed E-state index contributed by atoms with van der Waals surface area (Å²) in [6.07, 6.45) is 4.18. The van der Waals surface area contributed by atoms with Crippen molar-refractivity contribution in [1.82, 2.24) is 19.9 Å². The number of carbonyl (C=O) groups excluding carboxylic acids is 2. The molecule has 0 saturated carbocycles. The topological polar surface area (TPSA) is 108 Å². The number of aromatic amines is 1. The van der Waals surface area contributed by atoms with Gasteiger partial charge in [-0.25, -0.2) is 4.98 Å². The van der Waals surface area contributed by atoms with E-state index in [1.54, 1.807) is 36.7 Å². The van der Waals surface area contributed by atoms with Crippen LogP contribution in [0.3, 0.4) is 0 Å². The van der Waals surface area contributed by atoms with Gasteiger partial charge in [0, 0.05) is 25.5 Å². The molecule has 2 fully saturated rings. The summed E-state index contributed by atoms with van der Waals surface area (Å²) < 4.78 is 0. The minimum Gasteiger partial charge on any atom is -0.366 e. The number of fused-ring (bicyclic) bond motifs is 3. The number of para-hydroxylation sites is 1. The number of primary amides is 1. The van der Waals surface area contributed by atoms with Gasteiger partial charge in [0.05, 0.1) is 28.7 Å². The Balaban J connectivity index is 1.40. The summed E-state index contributed by atoms with van der Waals surface area (Å²) in [4.78, 5) is 40.4. The maximum Gasteiger partial charge on any atom is 0.255 e. The molecule has 2 atom stereocenters. The minimum atomic E-state index is -0.491. The Labute approximate surface area is 155 Å². The number of piperazine rings is 1. The van der Waals surface area contributed by atoms with E-state index in [1.807, 2.05) is 11.0 Å². The summed E-state index contributed by atoms with van der Waals surface area (Å²) in [5.74, 6) is 0.255. The maximum atomic E-state index is 12.7. The first-order valence-electron chi connectivity index (χ1n) is 8.88. The lowest BCUT2D eigenvalue weighted by Crippen LogP contribution is -2.49. The highest BCUT2D eigenvalue weighted by atomic mass is 16.2. The Hall–Kier alpha value is -3.42. The Morgan fingerprint density at radius 2 is 2.04 bits per heavy atom. The Kier molecular flexibility index (Phi) is 3.40. The minimum absolute atomic E-state index is 0.0240. The van der Waals surface area contributed by atoms with E-state index in [1.165, 1.54) is 0 Å². The number of anilines is 1. The maximum absolute atomic E-state index is 12.7. The van der Waals surface area contributed by atoms with Crippen LogP contribution in [-0.4, -0.2) is 56.8 Å². The second-order valence-corrected chi connectivity index (χ2v) is 7.02. The van der Waals surface area contributed by atoms with Crippen LogP contribution in [0.25, 0.3) is 11.0 Å². The van der Waals surface area contributed by atoms with Crippen LogP contribution in [0.15, 0.2) is 42.7 Å². The van der Waals surface area contributed by atoms with Gasteiger partial charge in [-0.1, -0.05) is 6.07 Å². The SMILES string of the molecule is NC(=O)c1cccc2[nH]c(N3C[C@@H]4C[C@@H]3CN4C(=O)c3cccnc3)nc12. The van der Waals surface area contributed by atoms with Gasteiger partial charge in [0.25, 0.3) is 11.8 Å². The molecule has 2 aliphatic heterocycles. The Morgan fingerprint density at radius 3 is 2.74 bits per heavy atom. The molecule has 1 aromatic carbocycles. The fourth-order valence-electron chi connectivity index (χ4n) is 4.18. The highest BCUT2D eigenvalue weighted by Gasteiger charge is 2.46. The van der Waals surface area contributed by atoms with E-state index in [9.17, 15) is 9.59 Å². The van der Waals surface area contributed by atoms with Gasteiger partial charge in [-0.15, -0.1) is 0 Å². The predicted octanol–water partition coefficient (Wildman–Crippen LogP) is 1.16. The number of rotatable bonds is 3. The number of likely N-dealkylation sites (tertiary alicyclic amines) is 1. The van der Waals surface area contributed by atoms with Crippen LogP contribution in [0.4, 0.5) is 5.95 Å². The average Bonchev–Trinajstić information content (AvgIpc) is 3.40. The summed E-state index contributed by atoms with van der Waals surface area (Å²) >= 11 is 0. The molecule has 3 N–H and O–H groups in total. The van der Waals surface area contributed by atoms with Gasteiger partial charge in [0.1, 0.15) is 5.52 Å². The molecule has 2 aromatic heterocycles. The highest BCUT2D eigenvalue weighted by Crippen LogP contribution is 2.35. The lowest BCUT2D eigenvalue weighted by molar-refractivity contribution is 0.0724. The first kappa shape index (κ1) is 15.8. The summed E-state index contributed by atoms with van der Waals surface area (Å²) in [7, 11) is 0. The van der Waals surface area contributed by atoms with Crippen LogP contribution in [-0.2, 0) is 0 Å². The van der Waals surface area contributed by atoms with E-state index < -0.39 is 5.91 Å².